The fourth-order valence-electron chi connectivity index (χ4n) is 1.88. The molecule has 2 N–H and O–H groups in total. The second-order valence-electron chi connectivity index (χ2n) is 4.62. The zero-order valence-corrected chi connectivity index (χ0v) is 12.0. The summed E-state index contributed by atoms with van der Waals surface area (Å²) >= 11 is 1.64. The van der Waals surface area contributed by atoms with Gasteiger partial charge in [0.1, 0.15) is 5.01 Å². The number of aryl methyl sites for hydroxylation is 1. The highest BCUT2D eigenvalue weighted by Crippen LogP contribution is 2.24. The minimum atomic E-state index is 0.408. The van der Waals surface area contributed by atoms with Gasteiger partial charge in [0.2, 0.25) is 0 Å². The molecule has 0 saturated heterocycles. The summed E-state index contributed by atoms with van der Waals surface area (Å²) in [5.41, 5.74) is 9.69. The van der Waals surface area contributed by atoms with Crippen LogP contribution in [0, 0.1) is 6.92 Å². The summed E-state index contributed by atoms with van der Waals surface area (Å²) in [5, 5.41) is 11.1. The predicted octanol–water partition coefficient (Wildman–Crippen LogP) is 2.22. The Kier molecular flexibility index (Phi) is 3.58. The summed E-state index contributed by atoms with van der Waals surface area (Å²) in [4.78, 5) is 4.64. The summed E-state index contributed by atoms with van der Waals surface area (Å²) in [6.45, 7) is 3.11. The molecule has 20 heavy (non-hydrogen) atoms. The van der Waals surface area contributed by atoms with E-state index in [4.69, 9.17) is 5.73 Å². The molecule has 0 aliphatic carbocycles. The van der Waals surface area contributed by atoms with Crippen molar-refractivity contribution in [2.45, 2.75) is 20.0 Å². The molecule has 1 aromatic carbocycles. The maximum Gasteiger partial charge on any atom is 0.123 e. The van der Waals surface area contributed by atoms with Gasteiger partial charge in [0.05, 0.1) is 24.1 Å². The summed E-state index contributed by atoms with van der Waals surface area (Å²) in [7, 11) is 0. The Morgan fingerprint density at radius 1 is 1.20 bits per heavy atom. The normalized spacial score (nSPS) is 10.9. The minimum absolute atomic E-state index is 0.408. The Bertz CT molecular complexity index is 698. The van der Waals surface area contributed by atoms with Crippen LogP contribution in [0.5, 0.6) is 0 Å². The third-order valence-corrected chi connectivity index (χ3v) is 3.91. The van der Waals surface area contributed by atoms with Crippen LogP contribution in [0.4, 0.5) is 0 Å². The Balaban J connectivity index is 1.78. The summed E-state index contributed by atoms with van der Waals surface area (Å²) in [6.07, 6.45) is 1.85. The molecule has 0 atom stereocenters. The van der Waals surface area contributed by atoms with Crippen LogP contribution >= 0.6 is 11.3 Å². The summed E-state index contributed by atoms with van der Waals surface area (Å²) < 4.78 is 1.76. The molecular weight excluding hydrogens is 270 g/mol. The van der Waals surface area contributed by atoms with Gasteiger partial charge in [0, 0.05) is 17.5 Å². The van der Waals surface area contributed by atoms with Crippen LogP contribution < -0.4 is 5.73 Å². The molecule has 0 spiro atoms. The molecule has 102 valence electrons. The number of nitrogens with two attached hydrogens (primary N) is 1. The van der Waals surface area contributed by atoms with Crippen molar-refractivity contribution in [3.8, 4) is 10.6 Å². The van der Waals surface area contributed by atoms with Gasteiger partial charge in [-0.2, -0.15) is 0 Å². The largest absolute Gasteiger partial charge is 0.325 e. The minimum Gasteiger partial charge on any atom is -0.325 e. The van der Waals surface area contributed by atoms with Crippen molar-refractivity contribution in [1.29, 1.82) is 0 Å². The second kappa shape index (κ2) is 5.52. The van der Waals surface area contributed by atoms with E-state index in [1.54, 1.807) is 16.0 Å². The zero-order chi connectivity index (χ0) is 13.9. The lowest BCUT2D eigenvalue weighted by molar-refractivity contribution is 0.641. The summed E-state index contributed by atoms with van der Waals surface area (Å²) in [5.74, 6) is 0. The SMILES string of the molecule is Cc1ccc(-c2nc(Cn3cc(CN)nn3)cs2)cc1. The number of hydrogen-bond donors (Lipinski definition) is 1. The van der Waals surface area contributed by atoms with E-state index >= 15 is 0 Å². The molecule has 0 radical (unpaired) electrons. The number of aromatic nitrogens is 4. The molecule has 0 unspecified atom stereocenters. The third kappa shape index (κ3) is 2.76. The number of thiazole rings is 1. The van der Waals surface area contributed by atoms with E-state index in [9.17, 15) is 0 Å². The van der Waals surface area contributed by atoms with Gasteiger partial charge in [0.25, 0.3) is 0 Å². The van der Waals surface area contributed by atoms with Gasteiger partial charge in [-0.1, -0.05) is 35.0 Å². The number of nitrogens with zero attached hydrogens (tertiary/aromatic N) is 4. The topological polar surface area (TPSA) is 69.6 Å². The number of benzene rings is 1. The average Bonchev–Trinajstić information content (AvgIpc) is 3.09. The van der Waals surface area contributed by atoms with Crippen molar-refractivity contribution in [3.05, 3.63) is 52.8 Å². The van der Waals surface area contributed by atoms with E-state index in [1.807, 2.05) is 6.20 Å². The summed E-state index contributed by atoms with van der Waals surface area (Å²) in [6, 6.07) is 8.39. The van der Waals surface area contributed by atoms with Crippen LogP contribution in [-0.2, 0) is 13.1 Å². The molecule has 5 nitrogen and oxygen atoms in total. The second-order valence-corrected chi connectivity index (χ2v) is 5.48. The van der Waals surface area contributed by atoms with Gasteiger partial charge < -0.3 is 5.73 Å². The van der Waals surface area contributed by atoms with Crippen LogP contribution in [0.15, 0.2) is 35.8 Å². The van der Waals surface area contributed by atoms with Crippen molar-refractivity contribution in [1.82, 2.24) is 20.0 Å². The molecule has 2 heterocycles. The van der Waals surface area contributed by atoms with Crippen molar-refractivity contribution in [2.75, 3.05) is 0 Å². The highest BCUT2D eigenvalue weighted by molar-refractivity contribution is 7.13. The van der Waals surface area contributed by atoms with E-state index in [0.29, 0.717) is 13.1 Å². The Hall–Kier alpha value is -2.05. The van der Waals surface area contributed by atoms with E-state index in [0.717, 1.165) is 22.0 Å². The number of hydrogen-bond acceptors (Lipinski definition) is 5. The monoisotopic (exact) mass is 285 g/mol. The van der Waals surface area contributed by atoms with E-state index in [1.165, 1.54) is 5.56 Å². The molecular formula is C14H15N5S. The van der Waals surface area contributed by atoms with Gasteiger partial charge >= 0.3 is 0 Å². The van der Waals surface area contributed by atoms with Gasteiger partial charge in [0.15, 0.2) is 0 Å². The van der Waals surface area contributed by atoms with Crippen LogP contribution in [0.3, 0.4) is 0 Å². The maximum absolute atomic E-state index is 5.52. The molecule has 0 aliphatic rings. The lowest BCUT2D eigenvalue weighted by Crippen LogP contribution is -2.00. The van der Waals surface area contributed by atoms with Gasteiger partial charge in [-0.05, 0) is 6.92 Å². The first-order valence-corrected chi connectivity index (χ1v) is 7.23. The Labute approximate surface area is 121 Å². The zero-order valence-electron chi connectivity index (χ0n) is 11.2. The van der Waals surface area contributed by atoms with Crippen molar-refractivity contribution in [3.63, 3.8) is 0 Å². The molecule has 0 bridgehead atoms. The molecule has 0 amide bonds. The lowest BCUT2D eigenvalue weighted by atomic mass is 10.2. The quantitative estimate of drug-likeness (QED) is 0.798. The van der Waals surface area contributed by atoms with Gasteiger partial charge in [-0.3, -0.25) is 0 Å². The average molecular weight is 285 g/mol. The molecule has 0 fully saturated rings. The first kappa shape index (κ1) is 13.0. The Morgan fingerprint density at radius 3 is 2.70 bits per heavy atom. The third-order valence-electron chi connectivity index (χ3n) is 2.97. The van der Waals surface area contributed by atoms with Crippen molar-refractivity contribution in [2.24, 2.45) is 5.73 Å². The molecule has 0 aliphatic heterocycles. The lowest BCUT2D eigenvalue weighted by Gasteiger charge is -1.97. The Morgan fingerprint density at radius 2 is 2.00 bits per heavy atom. The van der Waals surface area contributed by atoms with Crippen LogP contribution in [0.2, 0.25) is 0 Å². The van der Waals surface area contributed by atoms with E-state index in [2.05, 4.69) is 51.9 Å². The van der Waals surface area contributed by atoms with E-state index in [-0.39, 0.29) is 0 Å². The highest BCUT2D eigenvalue weighted by Gasteiger charge is 2.06. The first-order valence-electron chi connectivity index (χ1n) is 6.35. The molecule has 6 heteroatoms. The van der Waals surface area contributed by atoms with Crippen LogP contribution in [-0.4, -0.2) is 20.0 Å². The van der Waals surface area contributed by atoms with Crippen molar-refractivity contribution >= 4 is 11.3 Å². The fraction of sp³-hybridized carbons (Fsp3) is 0.214. The smallest absolute Gasteiger partial charge is 0.123 e. The van der Waals surface area contributed by atoms with Crippen LogP contribution in [0.1, 0.15) is 17.0 Å². The van der Waals surface area contributed by atoms with Crippen molar-refractivity contribution < 1.29 is 0 Å². The predicted molar refractivity (Wildman–Crippen MR) is 79.3 cm³/mol. The number of rotatable bonds is 4. The van der Waals surface area contributed by atoms with E-state index < -0.39 is 0 Å². The molecule has 0 saturated carbocycles. The fourth-order valence-corrected chi connectivity index (χ4v) is 2.70. The molecule has 3 aromatic rings. The highest BCUT2D eigenvalue weighted by atomic mass is 32.1. The van der Waals surface area contributed by atoms with Gasteiger partial charge in [-0.15, -0.1) is 16.4 Å². The molecule has 2 aromatic heterocycles. The molecule has 3 rings (SSSR count). The maximum atomic E-state index is 5.52. The standard InChI is InChI=1S/C14H15N5S/c1-10-2-4-11(5-3-10)14-16-13(9-20-14)8-19-7-12(6-15)17-18-19/h2-5,7,9H,6,8,15H2,1H3. The first-order chi connectivity index (χ1) is 9.74. The van der Waals surface area contributed by atoms with Crippen LogP contribution in [0.25, 0.3) is 10.6 Å². The van der Waals surface area contributed by atoms with Gasteiger partial charge in [-0.25, -0.2) is 9.67 Å².